The first-order valence-electron chi connectivity index (χ1n) is 9.29. The van der Waals surface area contributed by atoms with Crippen LogP contribution in [0.25, 0.3) is 10.9 Å². The van der Waals surface area contributed by atoms with E-state index in [2.05, 4.69) is 15.1 Å². The van der Waals surface area contributed by atoms with Crippen LogP contribution in [0.15, 0.2) is 24.5 Å². The van der Waals surface area contributed by atoms with Crippen LogP contribution in [-0.2, 0) is 17.8 Å². The van der Waals surface area contributed by atoms with E-state index >= 15 is 0 Å². The summed E-state index contributed by atoms with van der Waals surface area (Å²) >= 11 is 5.93. The van der Waals surface area contributed by atoms with Crippen molar-refractivity contribution >= 4 is 40.2 Å². The van der Waals surface area contributed by atoms with E-state index < -0.39 is 11.7 Å². The van der Waals surface area contributed by atoms with Gasteiger partial charge in [0.05, 0.1) is 42.7 Å². The van der Waals surface area contributed by atoms with Gasteiger partial charge >= 0.3 is 6.09 Å². The second kappa shape index (κ2) is 6.21. The number of fused-ring (bicyclic) bond motifs is 2. The highest BCUT2D eigenvalue weighted by molar-refractivity contribution is 6.30. The largest absolute Gasteiger partial charge is 0.441 e. The molecule has 0 bridgehead atoms. The van der Waals surface area contributed by atoms with E-state index in [1.54, 1.807) is 34.3 Å². The topological polar surface area (TPSA) is 96.4 Å². The van der Waals surface area contributed by atoms with Crippen LogP contribution in [0.4, 0.5) is 10.5 Å². The third kappa shape index (κ3) is 3.02. The molecule has 150 valence electrons. The third-order valence-electron chi connectivity index (χ3n) is 5.25. The number of ether oxygens (including phenoxy) is 1. The van der Waals surface area contributed by atoms with Crippen molar-refractivity contribution in [3.63, 3.8) is 0 Å². The number of amides is 2. The number of nitrogens with one attached hydrogen (secondary N) is 1. The highest BCUT2D eigenvalue weighted by Crippen LogP contribution is 2.32. The molecule has 3 aromatic rings. The Kier molecular flexibility index (Phi) is 3.86. The first-order valence-corrected chi connectivity index (χ1v) is 9.67. The molecule has 1 saturated heterocycles. The van der Waals surface area contributed by atoms with E-state index in [1.165, 1.54) is 0 Å². The lowest BCUT2D eigenvalue weighted by Crippen LogP contribution is -2.39. The van der Waals surface area contributed by atoms with Gasteiger partial charge in [0.1, 0.15) is 16.4 Å². The van der Waals surface area contributed by atoms with E-state index in [4.69, 9.17) is 16.3 Å². The zero-order chi connectivity index (χ0) is 20.3. The van der Waals surface area contributed by atoms with Crippen LogP contribution in [-0.4, -0.2) is 55.3 Å². The fraction of sp³-hybridized carbons (Fsp3) is 0.368. The van der Waals surface area contributed by atoms with Gasteiger partial charge in [0.2, 0.25) is 0 Å². The van der Waals surface area contributed by atoms with E-state index in [0.29, 0.717) is 42.7 Å². The molecule has 9 nitrogen and oxygen atoms in total. The van der Waals surface area contributed by atoms with Crippen molar-refractivity contribution in [1.29, 1.82) is 0 Å². The first kappa shape index (κ1) is 18.0. The number of carbonyl (C=O) groups excluding carboxylic acids is 2. The van der Waals surface area contributed by atoms with Gasteiger partial charge < -0.3 is 14.6 Å². The summed E-state index contributed by atoms with van der Waals surface area (Å²) in [5, 5.41) is 5.58. The second-order valence-electron chi connectivity index (χ2n) is 7.92. The van der Waals surface area contributed by atoms with Crippen molar-refractivity contribution in [3.05, 3.63) is 41.1 Å². The van der Waals surface area contributed by atoms with E-state index in [0.717, 1.165) is 16.6 Å². The number of hydrogen-bond donors (Lipinski definition) is 1. The number of aromatic amines is 1. The van der Waals surface area contributed by atoms with Crippen LogP contribution in [0.5, 0.6) is 0 Å². The van der Waals surface area contributed by atoms with Crippen molar-refractivity contribution in [2.45, 2.75) is 32.5 Å². The molecule has 1 fully saturated rings. The van der Waals surface area contributed by atoms with Gasteiger partial charge in [-0.15, -0.1) is 0 Å². The number of nitrogens with zero attached hydrogens (tertiary/aromatic N) is 5. The number of aromatic nitrogens is 4. The average molecular weight is 415 g/mol. The van der Waals surface area contributed by atoms with E-state index in [-0.39, 0.29) is 5.91 Å². The molecule has 10 heteroatoms. The molecule has 5 heterocycles. The predicted molar refractivity (Wildman–Crippen MR) is 106 cm³/mol. The zero-order valence-corrected chi connectivity index (χ0v) is 16.7. The molecule has 0 unspecified atom stereocenters. The Morgan fingerprint density at radius 3 is 2.86 bits per heavy atom. The number of H-pyrrole nitrogens is 1. The predicted octanol–water partition coefficient (Wildman–Crippen LogP) is 2.80. The average Bonchev–Trinajstić information content (AvgIpc) is 3.34. The summed E-state index contributed by atoms with van der Waals surface area (Å²) in [5.74, 6) is -0.125. The van der Waals surface area contributed by atoms with Crippen molar-refractivity contribution in [3.8, 4) is 0 Å². The van der Waals surface area contributed by atoms with Crippen molar-refractivity contribution in [1.82, 2.24) is 24.6 Å². The molecular weight excluding hydrogens is 396 g/mol. The van der Waals surface area contributed by atoms with Gasteiger partial charge in [-0.3, -0.25) is 14.4 Å². The number of halogens is 1. The summed E-state index contributed by atoms with van der Waals surface area (Å²) in [6.45, 7) is 5.61. The Morgan fingerprint density at radius 1 is 1.28 bits per heavy atom. The lowest BCUT2D eigenvalue weighted by molar-refractivity contribution is 0.0701. The Labute approximate surface area is 171 Å². The standard InChI is InChI=1S/C19H19ClN6O3/c1-19(2)10-25(18(28)29-19)14-8-22-26-4-3-24(9-15(14)26)17(27)13-5-11-7-21-16(20)6-12(11)23-13/h5-8,23H,3-4,9-10H2,1-2H3. The molecule has 2 amide bonds. The number of hydrogen-bond acceptors (Lipinski definition) is 5. The van der Waals surface area contributed by atoms with Gasteiger partial charge in [-0.05, 0) is 26.0 Å². The molecule has 3 aromatic heterocycles. The number of carbonyl (C=O) groups is 2. The minimum Gasteiger partial charge on any atom is -0.441 e. The van der Waals surface area contributed by atoms with Gasteiger partial charge in [0, 0.05) is 18.1 Å². The molecule has 0 aliphatic carbocycles. The molecule has 29 heavy (non-hydrogen) atoms. The quantitative estimate of drug-likeness (QED) is 0.650. The van der Waals surface area contributed by atoms with Crippen molar-refractivity contribution < 1.29 is 14.3 Å². The normalized spacial score (nSPS) is 18.2. The first-order chi connectivity index (χ1) is 13.8. The highest BCUT2D eigenvalue weighted by Gasteiger charge is 2.40. The summed E-state index contributed by atoms with van der Waals surface area (Å²) < 4.78 is 7.25. The van der Waals surface area contributed by atoms with Crippen molar-refractivity contribution in [2.24, 2.45) is 0 Å². The second-order valence-corrected chi connectivity index (χ2v) is 8.30. The number of pyridine rings is 1. The molecule has 0 atom stereocenters. The van der Waals surface area contributed by atoms with Crippen LogP contribution < -0.4 is 4.90 Å². The number of cyclic esters (lactones) is 1. The van der Waals surface area contributed by atoms with Crippen LogP contribution in [0.3, 0.4) is 0 Å². The Morgan fingerprint density at radius 2 is 2.10 bits per heavy atom. The third-order valence-corrected chi connectivity index (χ3v) is 5.46. The Balaban J connectivity index is 1.42. The van der Waals surface area contributed by atoms with E-state index in [9.17, 15) is 9.59 Å². The monoisotopic (exact) mass is 414 g/mol. The summed E-state index contributed by atoms with van der Waals surface area (Å²) in [5.41, 5.74) is 2.18. The molecule has 0 radical (unpaired) electrons. The minimum absolute atomic E-state index is 0.125. The van der Waals surface area contributed by atoms with Crippen molar-refractivity contribution in [2.75, 3.05) is 18.0 Å². The Hall–Kier alpha value is -3.07. The van der Waals surface area contributed by atoms with E-state index in [1.807, 2.05) is 18.5 Å². The number of anilines is 1. The SMILES string of the molecule is CC1(C)CN(c2cnn3c2CN(C(=O)c2cc4cnc(Cl)cc4[nH]2)CC3)C(=O)O1. The fourth-order valence-electron chi connectivity index (χ4n) is 3.87. The van der Waals surface area contributed by atoms with Gasteiger partial charge in [-0.25, -0.2) is 9.78 Å². The Bertz CT molecular complexity index is 1150. The number of rotatable bonds is 2. The van der Waals surface area contributed by atoms with Crippen LogP contribution >= 0.6 is 11.6 Å². The van der Waals surface area contributed by atoms with Gasteiger partial charge in [0.15, 0.2) is 0 Å². The summed E-state index contributed by atoms with van der Waals surface area (Å²) in [6.07, 6.45) is 2.91. The summed E-state index contributed by atoms with van der Waals surface area (Å²) in [7, 11) is 0. The van der Waals surface area contributed by atoms with Gasteiger partial charge in [0.25, 0.3) is 5.91 Å². The molecule has 0 aromatic carbocycles. The molecular formula is C19H19ClN6O3. The molecule has 2 aliphatic heterocycles. The zero-order valence-electron chi connectivity index (χ0n) is 16.0. The maximum atomic E-state index is 13.1. The maximum Gasteiger partial charge on any atom is 0.415 e. The van der Waals surface area contributed by atoms with Crippen LogP contribution in [0.2, 0.25) is 5.15 Å². The molecule has 0 saturated carbocycles. The highest BCUT2D eigenvalue weighted by atomic mass is 35.5. The summed E-state index contributed by atoms with van der Waals surface area (Å²) in [4.78, 5) is 35.9. The molecule has 5 rings (SSSR count). The lowest BCUT2D eigenvalue weighted by Gasteiger charge is -2.29. The van der Waals surface area contributed by atoms with Crippen LogP contribution in [0.1, 0.15) is 30.0 Å². The minimum atomic E-state index is -0.560. The molecule has 2 aliphatic rings. The molecule has 1 N–H and O–H groups in total. The molecule has 0 spiro atoms. The smallest absolute Gasteiger partial charge is 0.415 e. The lowest BCUT2D eigenvalue weighted by atomic mass is 10.1. The van der Waals surface area contributed by atoms with Gasteiger partial charge in [-0.1, -0.05) is 11.6 Å². The van der Waals surface area contributed by atoms with Crippen LogP contribution in [0, 0.1) is 0 Å². The summed E-state index contributed by atoms with van der Waals surface area (Å²) in [6, 6.07) is 3.46. The van der Waals surface area contributed by atoms with Gasteiger partial charge in [-0.2, -0.15) is 5.10 Å². The maximum absolute atomic E-state index is 13.1. The fourth-order valence-corrected chi connectivity index (χ4v) is 4.03.